The molecule has 0 atom stereocenters. The van der Waals surface area contributed by atoms with E-state index in [0.717, 1.165) is 53.4 Å². The number of hydrogen-bond acceptors (Lipinski definition) is 7. The van der Waals surface area contributed by atoms with Crippen molar-refractivity contribution in [3.05, 3.63) is 47.0 Å². The van der Waals surface area contributed by atoms with Gasteiger partial charge >= 0.3 is 5.69 Å². The van der Waals surface area contributed by atoms with Gasteiger partial charge < -0.3 is 14.4 Å². The smallest absolute Gasteiger partial charge is 0.330 e. The van der Waals surface area contributed by atoms with Crippen molar-refractivity contribution in [2.45, 2.75) is 25.3 Å². The Balaban J connectivity index is 1.51. The lowest BCUT2D eigenvalue weighted by Crippen LogP contribution is -2.29. The second-order valence-corrected chi connectivity index (χ2v) is 9.05. The number of hydrogen-bond donors (Lipinski definition) is 0. The van der Waals surface area contributed by atoms with Crippen molar-refractivity contribution in [2.24, 2.45) is 7.05 Å². The van der Waals surface area contributed by atoms with E-state index in [2.05, 4.69) is 26.1 Å². The van der Waals surface area contributed by atoms with Crippen LogP contribution in [0.1, 0.15) is 25.3 Å². The zero-order valence-electron chi connectivity index (χ0n) is 19.9. The third kappa shape index (κ3) is 4.28. The average Bonchev–Trinajstić information content (AvgIpc) is 3.12. The molecular weight excluding hydrogens is 432 g/mol. The number of imidazole rings is 1. The molecule has 0 radical (unpaired) electrons. The van der Waals surface area contributed by atoms with Gasteiger partial charge in [0, 0.05) is 56.1 Å². The molecule has 1 aliphatic rings. The van der Waals surface area contributed by atoms with Crippen LogP contribution in [0, 0.1) is 0 Å². The summed E-state index contributed by atoms with van der Waals surface area (Å²) < 4.78 is 14.8. The molecule has 3 aromatic heterocycles. The van der Waals surface area contributed by atoms with Crippen molar-refractivity contribution in [1.82, 2.24) is 29.2 Å². The van der Waals surface area contributed by atoms with Crippen molar-refractivity contribution in [3.63, 3.8) is 0 Å². The molecule has 1 saturated heterocycles. The Morgan fingerprint density at radius 2 is 1.91 bits per heavy atom. The minimum Gasteiger partial charge on any atom is -0.478 e. The number of fused-ring (bicyclic) bond motifs is 3. The largest absolute Gasteiger partial charge is 0.478 e. The van der Waals surface area contributed by atoms with Crippen LogP contribution in [-0.4, -0.2) is 69.7 Å². The molecule has 1 aromatic carbocycles. The summed E-state index contributed by atoms with van der Waals surface area (Å²) in [5.74, 6) is 0.618. The fourth-order valence-electron chi connectivity index (χ4n) is 4.55. The standard InChI is InChI=1S/C25H30N6O3/c1-29(2)11-4-12-34-22-8-6-18(16-26-22)17-5-7-21-20(15-17)23-24(28-27-21)30(3)25(32)31(23)19-9-13-33-14-10-19/h5-8,15-16,19H,4,9-14H2,1-3H3. The lowest BCUT2D eigenvalue weighted by atomic mass is 10.0. The highest BCUT2D eigenvalue weighted by Gasteiger charge is 2.24. The van der Waals surface area contributed by atoms with Gasteiger partial charge in [-0.3, -0.25) is 9.13 Å². The molecular formula is C25H30N6O3. The highest BCUT2D eigenvalue weighted by Crippen LogP contribution is 2.31. The molecule has 1 aliphatic heterocycles. The van der Waals surface area contributed by atoms with Crippen molar-refractivity contribution >= 4 is 22.1 Å². The van der Waals surface area contributed by atoms with Gasteiger partial charge in [0.25, 0.3) is 0 Å². The molecule has 1 fully saturated rings. The summed E-state index contributed by atoms with van der Waals surface area (Å²) >= 11 is 0. The topological polar surface area (TPSA) is 87.3 Å². The fourth-order valence-corrected chi connectivity index (χ4v) is 4.55. The summed E-state index contributed by atoms with van der Waals surface area (Å²) in [4.78, 5) is 19.8. The van der Waals surface area contributed by atoms with E-state index in [0.29, 0.717) is 31.3 Å². The van der Waals surface area contributed by atoms with Crippen LogP contribution >= 0.6 is 0 Å². The van der Waals surface area contributed by atoms with E-state index in [9.17, 15) is 4.79 Å². The maximum atomic E-state index is 13.2. The summed E-state index contributed by atoms with van der Waals surface area (Å²) in [7, 11) is 5.86. The van der Waals surface area contributed by atoms with Crippen molar-refractivity contribution in [2.75, 3.05) is 40.5 Å². The van der Waals surface area contributed by atoms with Gasteiger partial charge in [-0.1, -0.05) is 6.07 Å². The SMILES string of the molecule is CN(C)CCCOc1ccc(-c2ccc3nnc4c(c3c2)n(C2CCOCC2)c(=O)n4C)cn1. The predicted molar refractivity (Wildman–Crippen MR) is 131 cm³/mol. The molecule has 0 N–H and O–H groups in total. The quantitative estimate of drug-likeness (QED) is 0.390. The summed E-state index contributed by atoms with van der Waals surface area (Å²) in [6, 6.07) is 10.0. The Hall–Kier alpha value is -3.30. The Labute approximate surface area is 197 Å². The molecule has 5 rings (SSSR count). The van der Waals surface area contributed by atoms with Gasteiger partial charge in [-0.05, 0) is 57.1 Å². The van der Waals surface area contributed by atoms with E-state index < -0.39 is 0 Å². The Morgan fingerprint density at radius 1 is 1.12 bits per heavy atom. The molecule has 178 valence electrons. The van der Waals surface area contributed by atoms with Crippen LogP contribution in [0.15, 0.2) is 41.3 Å². The van der Waals surface area contributed by atoms with E-state index in [-0.39, 0.29) is 11.7 Å². The van der Waals surface area contributed by atoms with E-state index in [4.69, 9.17) is 9.47 Å². The first kappa shape index (κ1) is 22.5. The number of ether oxygens (including phenoxy) is 2. The molecule has 9 heteroatoms. The predicted octanol–water partition coefficient (Wildman–Crippen LogP) is 3.03. The zero-order chi connectivity index (χ0) is 23.7. The van der Waals surface area contributed by atoms with E-state index >= 15 is 0 Å². The molecule has 0 unspecified atom stereocenters. The molecule has 0 bridgehead atoms. The average molecular weight is 463 g/mol. The number of aromatic nitrogens is 5. The lowest BCUT2D eigenvalue weighted by molar-refractivity contribution is 0.0697. The van der Waals surface area contributed by atoms with Gasteiger partial charge in [0.15, 0.2) is 5.65 Å². The second kappa shape index (κ2) is 9.52. The van der Waals surface area contributed by atoms with Gasteiger partial charge in [0.2, 0.25) is 5.88 Å². The third-order valence-electron chi connectivity index (χ3n) is 6.39. The minimum absolute atomic E-state index is 0.0634. The molecule has 4 aromatic rings. The zero-order valence-corrected chi connectivity index (χ0v) is 19.9. The molecule has 0 amide bonds. The molecule has 0 aliphatic carbocycles. The molecule has 34 heavy (non-hydrogen) atoms. The summed E-state index contributed by atoms with van der Waals surface area (Å²) in [6.45, 7) is 2.93. The number of nitrogens with zero attached hydrogens (tertiary/aromatic N) is 6. The number of aryl methyl sites for hydroxylation is 1. The summed E-state index contributed by atoms with van der Waals surface area (Å²) in [5, 5.41) is 9.67. The fraction of sp³-hybridized carbons (Fsp3) is 0.440. The molecule has 0 saturated carbocycles. The highest BCUT2D eigenvalue weighted by molar-refractivity contribution is 6.02. The van der Waals surface area contributed by atoms with Gasteiger partial charge in [-0.15, -0.1) is 10.2 Å². The maximum absolute atomic E-state index is 13.2. The van der Waals surface area contributed by atoms with Crippen LogP contribution < -0.4 is 10.4 Å². The summed E-state index contributed by atoms with van der Waals surface area (Å²) in [6.07, 6.45) is 4.39. The summed E-state index contributed by atoms with van der Waals surface area (Å²) in [5.41, 5.74) is 4.11. The molecule has 0 spiro atoms. The van der Waals surface area contributed by atoms with E-state index in [1.54, 1.807) is 11.6 Å². The van der Waals surface area contributed by atoms with Crippen LogP contribution in [0.2, 0.25) is 0 Å². The van der Waals surface area contributed by atoms with Gasteiger partial charge in [0.1, 0.15) is 5.52 Å². The third-order valence-corrected chi connectivity index (χ3v) is 6.39. The van der Waals surface area contributed by atoms with Gasteiger partial charge in [-0.25, -0.2) is 9.78 Å². The van der Waals surface area contributed by atoms with Crippen LogP contribution in [-0.2, 0) is 11.8 Å². The second-order valence-electron chi connectivity index (χ2n) is 9.05. The number of pyridine rings is 1. The first-order valence-electron chi connectivity index (χ1n) is 11.7. The van der Waals surface area contributed by atoms with Crippen LogP contribution in [0.25, 0.3) is 33.2 Å². The lowest BCUT2D eigenvalue weighted by Gasteiger charge is -2.23. The van der Waals surface area contributed by atoms with Crippen LogP contribution in [0.5, 0.6) is 5.88 Å². The van der Waals surface area contributed by atoms with Crippen molar-refractivity contribution < 1.29 is 9.47 Å². The number of rotatable bonds is 7. The first-order chi connectivity index (χ1) is 16.5. The van der Waals surface area contributed by atoms with E-state index in [1.165, 1.54) is 0 Å². The Morgan fingerprint density at radius 3 is 2.65 bits per heavy atom. The molecule has 9 nitrogen and oxygen atoms in total. The van der Waals surface area contributed by atoms with Gasteiger partial charge in [-0.2, -0.15) is 0 Å². The first-order valence-corrected chi connectivity index (χ1v) is 11.7. The van der Waals surface area contributed by atoms with Crippen molar-refractivity contribution in [3.8, 4) is 17.0 Å². The monoisotopic (exact) mass is 462 g/mol. The Bertz CT molecular complexity index is 1350. The van der Waals surface area contributed by atoms with E-state index in [1.807, 2.05) is 49.1 Å². The Kier molecular flexibility index (Phi) is 6.30. The van der Waals surface area contributed by atoms with Crippen LogP contribution in [0.3, 0.4) is 0 Å². The molecule has 4 heterocycles. The normalized spacial score (nSPS) is 14.9. The minimum atomic E-state index is -0.0634. The number of benzene rings is 1. The van der Waals surface area contributed by atoms with Gasteiger partial charge in [0.05, 0.1) is 12.1 Å². The van der Waals surface area contributed by atoms with Crippen molar-refractivity contribution in [1.29, 1.82) is 0 Å². The van der Waals surface area contributed by atoms with Crippen LogP contribution in [0.4, 0.5) is 0 Å². The highest BCUT2D eigenvalue weighted by atomic mass is 16.5. The maximum Gasteiger partial charge on any atom is 0.330 e.